The van der Waals surface area contributed by atoms with Gasteiger partial charge in [-0.05, 0) is 86.9 Å². The van der Waals surface area contributed by atoms with Gasteiger partial charge in [0.05, 0.1) is 11.4 Å². The van der Waals surface area contributed by atoms with Crippen LogP contribution < -0.4 is 4.90 Å². The van der Waals surface area contributed by atoms with Gasteiger partial charge in [0.25, 0.3) is 0 Å². The number of sulfone groups is 1. The first-order valence-electron chi connectivity index (χ1n) is 11.4. The number of aryl methyl sites for hydroxylation is 1. The van der Waals surface area contributed by atoms with Gasteiger partial charge in [-0.3, -0.25) is 9.47 Å². The van der Waals surface area contributed by atoms with Gasteiger partial charge in [-0.25, -0.2) is 13.1 Å². The minimum absolute atomic E-state index is 0.376. The summed E-state index contributed by atoms with van der Waals surface area (Å²) in [6.45, 7) is 4.39. The number of anilines is 1. The lowest BCUT2D eigenvalue weighted by molar-refractivity contribution is 0.319. The number of likely N-dealkylation sites (tertiary alicyclic amines) is 1. The van der Waals surface area contributed by atoms with Crippen molar-refractivity contribution in [3.05, 3.63) is 64.7 Å². The minimum Gasteiger partial charge on any atom is -0.352 e. The van der Waals surface area contributed by atoms with Crippen LogP contribution in [0.1, 0.15) is 30.7 Å². The first-order chi connectivity index (χ1) is 15.9. The Kier molecular flexibility index (Phi) is 6.11. The molecular weight excluding hydrogens is 454 g/mol. The summed E-state index contributed by atoms with van der Waals surface area (Å²) in [4.78, 5) is 5.06. The largest absolute Gasteiger partial charge is 0.352 e. The molecule has 2 aliphatic rings. The molecule has 1 saturated heterocycles. The summed E-state index contributed by atoms with van der Waals surface area (Å²) in [7, 11) is -3.22. The number of nitrogens with zero attached hydrogens (tertiary/aromatic N) is 5. The van der Waals surface area contributed by atoms with Gasteiger partial charge in [-0.1, -0.05) is 18.2 Å². The number of rotatable bonds is 6. The third-order valence-electron chi connectivity index (χ3n) is 6.48. The van der Waals surface area contributed by atoms with Crippen LogP contribution in [0.4, 0.5) is 5.69 Å². The fraction of sp³-hybridized carbons (Fsp3) is 0.417. The zero-order valence-corrected chi connectivity index (χ0v) is 20.5. The number of hydrogen-bond acceptors (Lipinski definition) is 6. The van der Waals surface area contributed by atoms with Gasteiger partial charge in [0.2, 0.25) is 4.77 Å². The highest BCUT2D eigenvalue weighted by Gasteiger charge is 2.23. The van der Waals surface area contributed by atoms with Crippen molar-refractivity contribution in [3.8, 4) is 5.69 Å². The second-order valence-electron chi connectivity index (χ2n) is 8.92. The lowest BCUT2D eigenvalue weighted by atomic mass is 10.0. The van der Waals surface area contributed by atoms with E-state index in [0.717, 1.165) is 61.8 Å². The van der Waals surface area contributed by atoms with E-state index in [2.05, 4.69) is 26.5 Å². The molecule has 2 aliphatic heterocycles. The average molecular weight is 484 g/mol. The van der Waals surface area contributed by atoms with Crippen molar-refractivity contribution in [3.63, 3.8) is 0 Å². The SMILES string of the molecule is CS(=O)(=O)c1ccc2c(c1)CCCN2Cn1nc(CN2CCCC2)n(-c2ccccc2)c1=S. The monoisotopic (exact) mass is 483 g/mol. The number of hydrogen-bond donors (Lipinski definition) is 0. The molecule has 9 heteroatoms. The van der Waals surface area contributed by atoms with Crippen molar-refractivity contribution in [2.45, 2.75) is 43.8 Å². The van der Waals surface area contributed by atoms with Crippen LogP contribution in [0.2, 0.25) is 0 Å². The highest BCUT2D eigenvalue weighted by atomic mass is 32.2. The van der Waals surface area contributed by atoms with Crippen molar-refractivity contribution < 1.29 is 8.42 Å². The van der Waals surface area contributed by atoms with Crippen LogP contribution in [-0.2, 0) is 29.5 Å². The van der Waals surface area contributed by atoms with Crippen LogP contribution in [0.25, 0.3) is 5.69 Å². The molecule has 174 valence electrons. The predicted molar refractivity (Wildman–Crippen MR) is 132 cm³/mol. The van der Waals surface area contributed by atoms with Gasteiger partial charge in [0.15, 0.2) is 15.7 Å². The van der Waals surface area contributed by atoms with Crippen molar-refractivity contribution >= 4 is 27.7 Å². The molecule has 5 rings (SSSR count). The Balaban J connectivity index is 1.49. The zero-order valence-electron chi connectivity index (χ0n) is 18.9. The summed E-state index contributed by atoms with van der Waals surface area (Å²) in [5.74, 6) is 0.956. The van der Waals surface area contributed by atoms with Gasteiger partial charge in [-0.2, -0.15) is 5.10 Å². The normalized spacial score (nSPS) is 16.8. The van der Waals surface area contributed by atoms with Crippen molar-refractivity contribution in [1.29, 1.82) is 0 Å². The topological polar surface area (TPSA) is 63.4 Å². The van der Waals surface area contributed by atoms with E-state index in [0.29, 0.717) is 16.3 Å². The standard InChI is InChI=1S/C24H29N5O2S2/c1-33(30,31)21-11-12-22-19(16-21)8-7-15-27(22)18-28-24(32)29(20-9-3-2-4-10-20)23(25-28)17-26-13-5-6-14-26/h2-4,9-12,16H,5-8,13-15,17-18H2,1H3. The highest BCUT2D eigenvalue weighted by molar-refractivity contribution is 7.90. The average Bonchev–Trinajstić information content (AvgIpc) is 3.42. The summed E-state index contributed by atoms with van der Waals surface area (Å²) in [5, 5.41) is 4.97. The molecule has 1 aromatic heterocycles. The summed E-state index contributed by atoms with van der Waals surface area (Å²) in [5.41, 5.74) is 3.15. The van der Waals surface area contributed by atoms with E-state index in [1.807, 2.05) is 35.0 Å². The predicted octanol–water partition coefficient (Wildman–Crippen LogP) is 3.81. The summed E-state index contributed by atoms with van der Waals surface area (Å²) < 4.78 is 28.7. The molecule has 0 radical (unpaired) electrons. The van der Waals surface area contributed by atoms with E-state index in [1.165, 1.54) is 19.1 Å². The number of para-hydroxylation sites is 1. The molecule has 0 bridgehead atoms. The van der Waals surface area contributed by atoms with E-state index in [4.69, 9.17) is 17.3 Å². The van der Waals surface area contributed by atoms with Gasteiger partial charge < -0.3 is 4.90 Å². The zero-order chi connectivity index (χ0) is 23.0. The van der Waals surface area contributed by atoms with Crippen LogP contribution in [0.15, 0.2) is 53.4 Å². The van der Waals surface area contributed by atoms with Crippen LogP contribution in [-0.4, -0.2) is 53.6 Å². The van der Waals surface area contributed by atoms with E-state index in [-0.39, 0.29) is 0 Å². The Morgan fingerprint density at radius 3 is 2.48 bits per heavy atom. The molecule has 0 aliphatic carbocycles. The molecule has 3 heterocycles. The highest BCUT2D eigenvalue weighted by Crippen LogP contribution is 2.30. The summed E-state index contributed by atoms with van der Waals surface area (Å²) in [6, 6.07) is 15.6. The van der Waals surface area contributed by atoms with Crippen LogP contribution in [0.5, 0.6) is 0 Å². The maximum atomic E-state index is 12.0. The molecule has 0 N–H and O–H groups in total. The first kappa shape index (κ1) is 22.3. The Labute approximate surface area is 200 Å². The molecule has 0 saturated carbocycles. The van der Waals surface area contributed by atoms with E-state index in [9.17, 15) is 8.42 Å². The third kappa shape index (κ3) is 4.62. The third-order valence-corrected chi connectivity index (χ3v) is 7.99. The first-order valence-corrected chi connectivity index (χ1v) is 13.7. The molecule has 0 amide bonds. The Morgan fingerprint density at radius 1 is 1.00 bits per heavy atom. The molecule has 2 aromatic carbocycles. The molecule has 33 heavy (non-hydrogen) atoms. The number of fused-ring (bicyclic) bond motifs is 1. The van der Waals surface area contributed by atoms with E-state index in [1.54, 1.807) is 6.07 Å². The summed E-state index contributed by atoms with van der Waals surface area (Å²) in [6.07, 6.45) is 5.55. The lowest BCUT2D eigenvalue weighted by Crippen LogP contribution is -2.32. The van der Waals surface area contributed by atoms with Gasteiger partial charge >= 0.3 is 0 Å². The second-order valence-corrected chi connectivity index (χ2v) is 11.3. The van der Waals surface area contributed by atoms with E-state index >= 15 is 0 Å². The summed E-state index contributed by atoms with van der Waals surface area (Å²) >= 11 is 5.91. The molecule has 0 unspecified atom stereocenters. The van der Waals surface area contributed by atoms with Gasteiger partial charge in [0.1, 0.15) is 6.67 Å². The maximum Gasteiger partial charge on any atom is 0.204 e. The van der Waals surface area contributed by atoms with Crippen LogP contribution >= 0.6 is 12.2 Å². The van der Waals surface area contributed by atoms with Crippen LogP contribution in [0, 0.1) is 4.77 Å². The Bertz CT molecular complexity index is 1310. The molecule has 0 atom stereocenters. The second kappa shape index (κ2) is 9.04. The van der Waals surface area contributed by atoms with Crippen molar-refractivity contribution in [1.82, 2.24) is 19.2 Å². The maximum absolute atomic E-state index is 12.0. The van der Waals surface area contributed by atoms with Crippen molar-refractivity contribution in [2.75, 3.05) is 30.8 Å². The van der Waals surface area contributed by atoms with Gasteiger partial charge in [-0.15, -0.1) is 0 Å². The van der Waals surface area contributed by atoms with E-state index < -0.39 is 9.84 Å². The Hall–Kier alpha value is -2.49. The fourth-order valence-electron chi connectivity index (χ4n) is 4.82. The van der Waals surface area contributed by atoms with Crippen LogP contribution in [0.3, 0.4) is 0 Å². The quantitative estimate of drug-likeness (QED) is 0.497. The molecule has 3 aromatic rings. The minimum atomic E-state index is -3.22. The van der Waals surface area contributed by atoms with Crippen molar-refractivity contribution in [2.24, 2.45) is 0 Å². The molecule has 0 spiro atoms. The number of aromatic nitrogens is 3. The molecular formula is C24H29N5O2S2. The number of benzene rings is 2. The van der Waals surface area contributed by atoms with Gasteiger partial charge in [0, 0.05) is 24.2 Å². The molecule has 1 fully saturated rings. The smallest absolute Gasteiger partial charge is 0.204 e. The Morgan fingerprint density at radius 2 is 1.76 bits per heavy atom. The fourth-order valence-corrected chi connectivity index (χ4v) is 5.80. The molecule has 7 nitrogen and oxygen atoms in total. The lowest BCUT2D eigenvalue weighted by Gasteiger charge is -2.31.